The Bertz CT molecular complexity index is 665. The van der Waals surface area contributed by atoms with Gasteiger partial charge in [-0.1, -0.05) is 0 Å². The molecule has 0 aromatic rings. The van der Waals surface area contributed by atoms with E-state index in [-0.39, 0.29) is 5.91 Å². The second kappa shape index (κ2) is 6.38. The van der Waals surface area contributed by atoms with Crippen LogP contribution in [0.5, 0.6) is 0 Å². The molecular weight excluding hydrogens is 316 g/mol. The minimum Gasteiger partial charge on any atom is -0.349 e. The summed E-state index contributed by atoms with van der Waals surface area (Å²) in [5.74, 6) is 1.28. The lowest BCUT2D eigenvalue weighted by atomic mass is 10.0. The van der Waals surface area contributed by atoms with Crippen LogP contribution < -0.4 is 0 Å². The molecule has 0 aromatic carbocycles. The minimum atomic E-state index is 0.208. The first-order valence-corrected chi connectivity index (χ1v) is 9.18. The number of carbonyl (C=O) groups is 1. The third-order valence-electron chi connectivity index (χ3n) is 5.87. The van der Waals surface area contributed by atoms with E-state index < -0.39 is 0 Å². The molecule has 0 radical (unpaired) electrons. The number of allylic oxidation sites excluding steroid dienone is 1. The second-order valence-electron chi connectivity index (χ2n) is 7.44. The van der Waals surface area contributed by atoms with Gasteiger partial charge in [0.05, 0.1) is 19.5 Å². The molecule has 1 unspecified atom stereocenters. The van der Waals surface area contributed by atoms with Gasteiger partial charge in [-0.3, -0.25) is 14.7 Å². The van der Waals surface area contributed by atoms with Crippen LogP contribution in [-0.4, -0.2) is 90.0 Å². The van der Waals surface area contributed by atoms with Crippen molar-refractivity contribution in [2.24, 2.45) is 9.98 Å². The first kappa shape index (κ1) is 16.5. The molecule has 4 aliphatic rings. The number of amides is 1. The van der Waals surface area contributed by atoms with Crippen LogP contribution in [0.1, 0.15) is 19.8 Å². The van der Waals surface area contributed by atoms with Crippen molar-refractivity contribution in [2.45, 2.75) is 25.8 Å². The molecule has 7 heteroatoms. The lowest BCUT2D eigenvalue weighted by Crippen LogP contribution is -2.53. The molecule has 2 fully saturated rings. The van der Waals surface area contributed by atoms with Crippen LogP contribution in [0.15, 0.2) is 33.9 Å². The predicted molar refractivity (Wildman–Crippen MR) is 97.8 cm³/mol. The maximum absolute atomic E-state index is 11.5. The highest BCUT2D eigenvalue weighted by Gasteiger charge is 2.37. The van der Waals surface area contributed by atoms with Gasteiger partial charge < -0.3 is 9.80 Å². The van der Waals surface area contributed by atoms with Crippen LogP contribution in [0.25, 0.3) is 0 Å². The average Bonchev–Trinajstić information content (AvgIpc) is 2.99. The van der Waals surface area contributed by atoms with Crippen LogP contribution in [0.3, 0.4) is 0 Å². The molecule has 0 saturated carbocycles. The minimum absolute atomic E-state index is 0.208. The number of hydrogen-bond acceptors (Lipinski definition) is 5. The number of fused-ring (bicyclic) bond motifs is 1. The number of quaternary nitrogens is 1. The monoisotopic (exact) mass is 343 g/mol. The summed E-state index contributed by atoms with van der Waals surface area (Å²) in [6.07, 6.45) is 10.0. The van der Waals surface area contributed by atoms with Gasteiger partial charge in [0.15, 0.2) is 5.82 Å². The van der Waals surface area contributed by atoms with Crippen molar-refractivity contribution in [3.63, 3.8) is 0 Å². The Morgan fingerprint density at radius 2 is 1.88 bits per heavy atom. The standard InChI is InChI=1S/C18H27N6O/c1-15(25)21-6-3-16(4-7-21)22-8-10-23(11-9-22)18-17-13-19-5-12-24(17,2)14-20-18/h5,12-14,16H,3-4,6-11H2,1-2H3/q+1. The summed E-state index contributed by atoms with van der Waals surface area (Å²) in [6, 6.07) is 0.614. The SMILES string of the molecule is CC(=O)N1CCC(N2CCN(C3=C4C=NC=C[N+]4(C)C=N3)CC2)CC1. The van der Waals surface area contributed by atoms with E-state index in [1.807, 2.05) is 23.7 Å². The van der Waals surface area contributed by atoms with Gasteiger partial charge in [0.1, 0.15) is 6.20 Å². The van der Waals surface area contributed by atoms with Gasteiger partial charge in [-0.15, -0.1) is 0 Å². The van der Waals surface area contributed by atoms with Gasteiger partial charge in [-0.25, -0.2) is 4.48 Å². The van der Waals surface area contributed by atoms with Gasteiger partial charge in [-0.05, 0) is 12.8 Å². The summed E-state index contributed by atoms with van der Waals surface area (Å²) in [7, 11) is 2.13. The normalized spacial score (nSPS) is 30.3. The van der Waals surface area contributed by atoms with Crippen LogP contribution in [0.2, 0.25) is 0 Å². The predicted octanol–water partition coefficient (Wildman–Crippen LogP) is 0.828. The quantitative estimate of drug-likeness (QED) is 0.698. The van der Waals surface area contributed by atoms with E-state index in [4.69, 9.17) is 4.99 Å². The smallest absolute Gasteiger partial charge is 0.219 e. The summed E-state index contributed by atoms with van der Waals surface area (Å²) in [4.78, 5) is 27.4. The van der Waals surface area contributed by atoms with Crippen LogP contribution in [-0.2, 0) is 4.79 Å². The maximum Gasteiger partial charge on any atom is 0.219 e. The van der Waals surface area contributed by atoms with E-state index in [0.29, 0.717) is 10.5 Å². The molecule has 0 N–H and O–H groups in total. The fourth-order valence-electron chi connectivity index (χ4n) is 4.20. The zero-order chi connectivity index (χ0) is 17.4. The molecule has 4 rings (SSSR count). The Labute approximate surface area is 149 Å². The molecular formula is C18H27N6O+. The molecule has 2 saturated heterocycles. The van der Waals surface area contributed by atoms with Crippen molar-refractivity contribution in [1.29, 1.82) is 0 Å². The first-order chi connectivity index (χ1) is 12.1. The molecule has 1 amide bonds. The van der Waals surface area contributed by atoms with E-state index in [2.05, 4.69) is 28.0 Å². The van der Waals surface area contributed by atoms with Crippen molar-refractivity contribution >= 4 is 18.5 Å². The molecule has 0 spiro atoms. The molecule has 25 heavy (non-hydrogen) atoms. The van der Waals surface area contributed by atoms with Crippen molar-refractivity contribution < 1.29 is 9.28 Å². The number of piperidine rings is 1. The van der Waals surface area contributed by atoms with E-state index in [9.17, 15) is 4.79 Å². The van der Waals surface area contributed by atoms with E-state index in [0.717, 1.165) is 63.6 Å². The number of aliphatic imine (C=N–C) groups is 2. The van der Waals surface area contributed by atoms with Gasteiger partial charge in [0.2, 0.25) is 17.9 Å². The van der Waals surface area contributed by atoms with E-state index in [1.165, 1.54) is 0 Å². The molecule has 4 aliphatic heterocycles. The Morgan fingerprint density at radius 1 is 1.16 bits per heavy atom. The Kier molecular flexibility index (Phi) is 4.21. The third-order valence-corrected chi connectivity index (χ3v) is 5.87. The Balaban J connectivity index is 1.36. The molecule has 134 valence electrons. The second-order valence-corrected chi connectivity index (χ2v) is 7.44. The first-order valence-electron chi connectivity index (χ1n) is 9.18. The lowest BCUT2D eigenvalue weighted by molar-refractivity contribution is -0.706. The third kappa shape index (κ3) is 3.02. The summed E-state index contributed by atoms with van der Waals surface area (Å²) >= 11 is 0. The number of rotatable bonds is 2. The van der Waals surface area contributed by atoms with Crippen molar-refractivity contribution in [1.82, 2.24) is 14.7 Å². The van der Waals surface area contributed by atoms with Gasteiger partial charge >= 0.3 is 0 Å². The lowest BCUT2D eigenvalue weighted by Gasteiger charge is -2.43. The van der Waals surface area contributed by atoms with E-state index >= 15 is 0 Å². The van der Waals surface area contributed by atoms with Gasteiger partial charge in [-0.2, -0.15) is 4.99 Å². The summed E-state index contributed by atoms with van der Waals surface area (Å²) in [5.41, 5.74) is 1.16. The Morgan fingerprint density at radius 3 is 2.56 bits per heavy atom. The molecule has 4 heterocycles. The van der Waals surface area contributed by atoms with E-state index in [1.54, 1.807) is 6.92 Å². The van der Waals surface area contributed by atoms with Crippen molar-refractivity contribution in [2.75, 3.05) is 46.3 Å². The summed E-state index contributed by atoms with van der Waals surface area (Å²) in [6.45, 7) is 7.60. The van der Waals surface area contributed by atoms with Crippen molar-refractivity contribution in [3.05, 3.63) is 23.9 Å². The van der Waals surface area contributed by atoms with Crippen LogP contribution in [0, 0.1) is 0 Å². The van der Waals surface area contributed by atoms with Crippen LogP contribution in [0.4, 0.5) is 0 Å². The number of likely N-dealkylation sites (tertiary alicyclic amines) is 1. The molecule has 1 atom stereocenters. The highest BCUT2D eigenvalue weighted by atomic mass is 16.2. The largest absolute Gasteiger partial charge is 0.349 e. The van der Waals surface area contributed by atoms with Crippen molar-refractivity contribution in [3.8, 4) is 0 Å². The molecule has 0 aliphatic carbocycles. The number of nitrogens with zero attached hydrogens (tertiary/aromatic N) is 6. The highest BCUT2D eigenvalue weighted by molar-refractivity contribution is 5.83. The topological polar surface area (TPSA) is 51.5 Å². The van der Waals surface area contributed by atoms with Gasteiger partial charge in [0.25, 0.3) is 0 Å². The summed E-state index contributed by atoms with van der Waals surface area (Å²) in [5, 5.41) is 0. The molecule has 0 bridgehead atoms. The average molecular weight is 343 g/mol. The fourth-order valence-corrected chi connectivity index (χ4v) is 4.20. The number of carbonyl (C=O) groups excluding carboxylic acids is 1. The zero-order valence-electron chi connectivity index (χ0n) is 15.1. The Hall–Kier alpha value is -1.99. The van der Waals surface area contributed by atoms with Crippen LogP contribution >= 0.6 is 0 Å². The van der Waals surface area contributed by atoms with Gasteiger partial charge in [0, 0.05) is 52.2 Å². The summed E-state index contributed by atoms with van der Waals surface area (Å²) < 4.78 is 0.614. The zero-order valence-corrected chi connectivity index (χ0v) is 15.1. The number of piperazine rings is 1. The number of hydrogen-bond donors (Lipinski definition) is 0. The highest BCUT2D eigenvalue weighted by Crippen LogP contribution is 2.29. The fraction of sp³-hybridized carbons (Fsp3) is 0.611. The molecule has 0 aromatic heterocycles. The molecule has 7 nitrogen and oxygen atoms in total. The maximum atomic E-state index is 11.5.